The molecule has 0 spiro atoms. The van der Waals surface area contributed by atoms with Crippen LogP contribution in [0.1, 0.15) is 16.2 Å². The second-order valence-electron chi connectivity index (χ2n) is 7.60. The molecule has 2 aromatic carbocycles. The number of aliphatic hydroxyl groups is 2. The van der Waals surface area contributed by atoms with Gasteiger partial charge in [-0.15, -0.1) is 11.3 Å². The zero-order valence-corrected chi connectivity index (χ0v) is 18.3. The van der Waals surface area contributed by atoms with E-state index in [9.17, 15) is 23.4 Å². The molecule has 1 aliphatic carbocycles. The smallest absolute Gasteiger partial charge is 0.280 e. The third-order valence-electron chi connectivity index (χ3n) is 5.32. The highest BCUT2D eigenvalue weighted by Crippen LogP contribution is 2.29. The van der Waals surface area contributed by atoms with Crippen LogP contribution in [-0.2, 0) is 9.84 Å². The summed E-state index contributed by atoms with van der Waals surface area (Å²) in [5.74, 6) is -0.336. The predicted octanol–water partition coefficient (Wildman–Crippen LogP) is 1.62. The minimum atomic E-state index is -3.29. The highest BCUT2D eigenvalue weighted by molar-refractivity contribution is 7.90. The Morgan fingerprint density at radius 1 is 1.16 bits per heavy atom. The van der Waals surface area contributed by atoms with E-state index in [2.05, 4.69) is 10.3 Å². The average molecular weight is 463 g/mol. The topological polar surface area (TPSA) is 126 Å². The van der Waals surface area contributed by atoms with Gasteiger partial charge >= 0.3 is 0 Å². The van der Waals surface area contributed by atoms with Gasteiger partial charge in [-0.2, -0.15) is 0 Å². The van der Waals surface area contributed by atoms with Crippen LogP contribution in [0.15, 0.2) is 53.4 Å². The maximum atomic E-state index is 12.6. The van der Waals surface area contributed by atoms with Gasteiger partial charge in [0, 0.05) is 12.2 Å². The number of sulfone groups is 1. The van der Waals surface area contributed by atoms with Gasteiger partial charge < -0.3 is 20.3 Å². The van der Waals surface area contributed by atoms with Gasteiger partial charge in [0.15, 0.2) is 14.8 Å². The number of thiazole rings is 1. The third kappa shape index (κ3) is 4.72. The molecule has 8 nitrogen and oxygen atoms in total. The van der Waals surface area contributed by atoms with Crippen LogP contribution < -0.4 is 10.1 Å². The van der Waals surface area contributed by atoms with Gasteiger partial charge in [-0.3, -0.25) is 4.79 Å². The first-order chi connectivity index (χ1) is 14.7. The number of benzene rings is 2. The van der Waals surface area contributed by atoms with E-state index < -0.39 is 39.9 Å². The van der Waals surface area contributed by atoms with Gasteiger partial charge in [0.2, 0.25) is 0 Å². The molecule has 164 valence electrons. The standard InChI is InChI=1S/C21H22N2O6S2/c1-31(27,28)14-8-6-13(7-9-14)29-11-12-10-16(19(25)18(12)24)22-20(26)21-23-15-4-2-3-5-17(15)30-21/h2-9,12,16,18-19,24-25H,10-11H2,1H3,(H,22,26). The highest BCUT2D eigenvalue weighted by Gasteiger charge is 2.42. The predicted molar refractivity (Wildman–Crippen MR) is 116 cm³/mol. The Hall–Kier alpha value is -2.53. The Balaban J connectivity index is 1.36. The van der Waals surface area contributed by atoms with E-state index in [0.717, 1.165) is 16.5 Å². The number of nitrogens with zero attached hydrogens (tertiary/aromatic N) is 1. The number of carbonyl (C=O) groups excluding carboxylic acids is 1. The lowest BCUT2D eigenvalue weighted by Crippen LogP contribution is -2.43. The van der Waals surface area contributed by atoms with Gasteiger partial charge in [-0.25, -0.2) is 13.4 Å². The van der Waals surface area contributed by atoms with E-state index in [1.54, 1.807) is 12.1 Å². The lowest BCUT2D eigenvalue weighted by molar-refractivity contribution is 0.00252. The number of rotatable bonds is 6. The summed E-state index contributed by atoms with van der Waals surface area (Å²) in [5, 5.41) is 23.8. The maximum Gasteiger partial charge on any atom is 0.280 e. The molecule has 3 N–H and O–H groups in total. The Morgan fingerprint density at radius 3 is 2.55 bits per heavy atom. The van der Waals surface area contributed by atoms with E-state index in [-0.39, 0.29) is 11.5 Å². The first-order valence-electron chi connectivity index (χ1n) is 9.68. The molecule has 4 unspecified atom stereocenters. The van der Waals surface area contributed by atoms with Crippen LogP contribution in [0.25, 0.3) is 10.2 Å². The minimum Gasteiger partial charge on any atom is -0.493 e. The average Bonchev–Trinajstić information content (AvgIpc) is 3.29. The van der Waals surface area contributed by atoms with Crippen LogP contribution >= 0.6 is 11.3 Å². The molecule has 1 aromatic heterocycles. The number of hydrogen-bond donors (Lipinski definition) is 3. The molecule has 4 atom stereocenters. The van der Waals surface area contributed by atoms with Crippen molar-refractivity contribution in [2.24, 2.45) is 5.92 Å². The summed E-state index contributed by atoms with van der Waals surface area (Å²) in [5.41, 5.74) is 0.734. The number of amides is 1. The normalized spacial score (nSPS) is 23.7. The number of fused-ring (bicyclic) bond motifs is 1. The van der Waals surface area contributed by atoms with Crippen LogP contribution in [0, 0.1) is 5.92 Å². The molecule has 0 radical (unpaired) electrons. The molecule has 3 aromatic rings. The fourth-order valence-electron chi connectivity index (χ4n) is 3.62. The van der Waals surface area contributed by atoms with Crippen molar-refractivity contribution in [1.29, 1.82) is 0 Å². The molecule has 1 amide bonds. The summed E-state index contributed by atoms with van der Waals surface area (Å²) in [6.07, 6.45) is -0.724. The van der Waals surface area contributed by atoms with E-state index in [0.29, 0.717) is 17.2 Å². The first-order valence-corrected chi connectivity index (χ1v) is 12.4. The maximum absolute atomic E-state index is 12.6. The molecule has 1 aliphatic rings. The number of aliphatic hydroxyl groups excluding tert-OH is 2. The number of hydrogen-bond acceptors (Lipinski definition) is 8. The van der Waals surface area contributed by atoms with Crippen LogP contribution in [0.3, 0.4) is 0 Å². The third-order valence-corrected chi connectivity index (χ3v) is 7.49. The van der Waals surface area contributed by atoms with Crippen molar-refractivity contribution >= 4 is 37.3 Å². The van der Waals surface area contributed by atoms with Crippen molar-refractivity contribution < 1.29 is 28.2 Å². The van der Waals surface area contributed by atoms with Crippen LogP contribution in [0.2, 0.25) is 0 Å². The lowest BCUT2D eigenvalue weighted by Gasteiger charge is -2.18. The van der Waals surface area contributed by atoms with Crippen LogP contribution in [0.5, 0.6) is 5.75 Å². The van der Waals surface area contributed by atoms with Crippen LogP contribution in [0.4, 0.5) is 0 Å². The molecule has 31 heavy (non-hydrogen) atoms. The summed E-state index contributed by atoms with van der Waals surface area (Å²) in [6, 6.07) is 12.8. The molecule has 1 fully saturated rings. The van der Waals surface area contributed by atoms with Gasteiger partial charge in [-0.05, 0) is 42.8 Å². The van der Waals surface area contributed by atoms with E-state index in [4.69, 9.17) is 4.74 Å². The van der Waals surface area contributed by atoms with E-state index in [1.165, 1.54) is 23.5 Å². The molecule has 0 saturated heterocycles. The molecular formula is C21H22N2O6S2. The second-order valence-corrected chi connectivity index (χ2v) is 10.6. The fraction of sp³-hybridized carbons (Fsp3) is 0.333. The minimum absolute atomic E-state index is 0.115. The monoisotopic (exact) mass is 462 g/mol. The van der Waals surface area contributed by atoms with E-state index >= 15 is 0 Å². The molecule has 1 saturated carbocycles. The molecule has 0 aliphatic heterocycles. The quantitative estimate of drug-likeness (QED) is 0.508. The van der Waals surface area contributed by atoms with Crippen LogP contribution in [-0.4, -0.2) is 60.6 Å². The number of nitrogens with one attached hydrogen (secondary N) is 1. The Kier molecular flexibility index (Phi) is 5.98. The van der Waals surface area contributed by atoms with Gasteiger partial charge in [0.1, 0.15) is 11.9 Å². The Labute approximate surface area is 183 Å². The molecule has 1 heterocycles. The van der Waals surface area contributed by atoms with Gasteiger partial charge in [0.05, 0.1) is 33.9 Å². The van der Waals surface area contributed by atoms with Crippen molar-refractivity contribution in [3.63, 3.8) is 0 Å². The van der Waals surface area contributed by atoms with Crippen molar-refractivity contribution in [1.82, 2.24) is 10.3 Å². The largest absolute Gasteiger partial charge is 0.493 e. The molecule has 10 heteroatoms. The highest BCUT2D eigenvalue weighted by atomic mass is 32.2. The summed E-state index contributed by atoms with van der Waals surface area (Å²) in [4.78, 5) is 17.1. The summed E-state index contributed by atoms with van der Waals surface area (Å²) in [6.45, 7) is 0.115. The number of para-hydroxylation sites is 1. The summed E-state index contributed by atoms with van der Waals surface area (Å²) in [7, 11) is -3.29. The Bertz CT molecular complexity index is 1160. The number of ether oxygens (including phenoxy) is 1. The van der Waals surface area contributed by atoms with Crippen molar-refractivity contribution in [3.8, 4) is 5.75 Å². The summed E-state index contributed by atoms with van der Waals surface area (Å²) >= 11 is 1.27. The lowest BCUT2D eigenvalue weighted by atomic mass is 10.1. The zero-order valence-electron chi connectivity index (χ0n) is 16.6. The zero-order chi connectivity index (χ0) is 22.2. The molecule has 4 rings (SSSR count). The van der Waals surface area contributed by atoms with Crippen molar-refractivity contribution in [3.05, 3.63) is 53.5 Å². The van der Waals surface area contributed by atoms with Crippen molar-refractivity contribution in [2.75, 3.05) is 12.9 Å². The molecule has 0 bridgehead atoms. The molecular weight excluding hydrogens is 440 g/mol. The first kappa shape index (κ1) is 21.7. The summed E-state index contributed by atoms with van der Waals surface area (Å²) < 4.78 is 29.6. The van der Waals surface area contributed by atoms with Gasteiger partial charge in [-0.1, -0.05) is 12.1 Å². The SMILES string of the molecule is CS(=O)(=O)c1ccc(OCC2CC(NC(=O)c3nc4ccccc4s3)C(O)C2O)cc1. The Morgan fingerprint density at radius 2 is 1.87 bits per heavy atom. The van der Waals surface area contributed by atoms with E-state index in [1.807, 2.05) is 24.3 Å². The number of aromatic nitrogens is 1. The van der Waals surface area contributed by atoms with Gasteiger partial charge in [0.25, 0.3) is 5.91 Å². The fourth-order valence-corrected chi connectivity index (χ4v) is 5.12. The van der Waals surface area contributed by atoms with Crippen molar-refractivity contribution in [2.45, 2.75) is 29.6 Å². The number of carbonyl (C=O) groups is 1. The second kappa shape index (κ2) is 8.54.